The first-order chi connectivity index (χ1) is 7.86. The fourth-order valence-corrected chi connectivity index (χ4v) is 2.11. The molecule has 102 valence electrons. The highest BCUT2D eigenvalue weighted by atomic mass is 16.2. The number of hydrogen-bond donors (Lipinski definition) is 2. The van der Waals surface area contributed by atoms with Crippen molar-refractivity contribution in [2.75, 3.05) is 0 Å². The topological polar surface area (TPSA) is 55.1 Å². The summed E-state index contributed by atoms with van der Waals surface area (Å²) < 4.78 is 0. The molecular formula is C14H30N2O. The van der Waals surface area contributed by atoms with Crippen LogP contribution in [0.25, 0.3) is 0 Å². The van der Waals surface area contributed by atoms with E-state index in [9.17, 15) is 4.79 Å². The molecule has 0 aliphatic carbocycles. The van der Waals surface area contributed by atoms with Crippen LogP contribution in [0.1, 0.15) is 66.7 Å². The van der Waals surface area contributed by atoms with Crippen LogP contribution >= 0.6 is 0 Å². The number of amides is 1. The molecule has 1 amide bonds. The van der Waals surface area contributed by atoms with Crippen LogP contribution in [0, 0.1) is 5.92 Å². The van der Waals surface area contributed by atoms with E-state index in [1.807, 2.05) is 0 Å². The number of nitrogens with two attached hydrogens (primary N) is 1. The normalized spacial score (nSPS) is 15.4. The number of hydrogen-bond acceptors (Lipinski definition) is 2. The van der Waals surface area contributed by atoms with Crippen molar-refractivity contribution in [1.29, 1.82) is 0 Å². The molecule has 17 heavy (non-hydrogen) atoms. The third-order valence-corrected chi connectivity index (χ3v) is 3.31. The van der Waals surface area contributed by atoms with Gasteiger partial charge in [0.2, 0.25) is 5.91 Å². The van der Waals surface area contributed by atoms with Gasteiger partial charge in [-0.05, 0) is 39.5 Å². The third kappa shape index (κ3) is 6.67. The second kappa shape index (κ2) is 7.70. The maximum absolute atomic E-state index is 12.1. The summed E-state index contributed by atoms with van der Waals surface area (Å²) in [6.07, 6.45) is 4.68. The molecule has 0 saturated heterocycles. The number of nitrogens with one attached hydrogen (secondary N) is 1. The minimum Gasteiger partial charge on any atom is -0.351 e. The molecule has 3 nitrogen and oxygen atoms in total. The van der Waals surface area contributed by atoms with Crippen LogP contribution in [0.2, 0.25) is 0 Å². The van der Waals surface area contributed by atoms with Crippen LogP contribution < -0.4 is 11.1 Å². The highest BCUT2D eigenvalue weighted by molar-refractivity contribution is 5.79. The second-order valence-corrected chi connectivity index (χ2v) is 5.63. The maximum atomic E-state index is 12.1. The van der Waals surface area contributed by atoms with Gasteiger partial charge >= 0.3 is 0 Å². The fraction of sp³-hybridized carbons (Fsp3) is 0.929. The summed E-state index contributed by atoms with van der Waals surface area (Å²) in [6.45, 7) is 10.4. The average Bonchev–Trinajstić information content (AvgIpc) is 2.24. The Hall–Kier alpha value is -0.570. The van der Waals surface area contributed by atoms with E-state index in [-0.39, 0.29) is 23.4 Å². The zero-order valence-corrected chi connectivity index (χ0v) is 12.2. The quantitative estimate of drug-likeness (QED) is 0.687. The molecule has 0 aliphatic rings. The summed E-state index contributed by atoms with van der Waals surface area (Å²) in [5.41, 5.74) is 5.83. The van der Waals surface area contributed by atoms with Crippen LogP contribution in [0.4, 0.5) is 0 Å². The highest BCUT2D eigenvalue weighted by Crippen LogP contribution is 2.16. The van der Waals surface area contributed by atoms with Crippen LogP contribution in [0.5, 0.6) is 0 Å². The van der Waals surface area contributed by atoms with E-state index in [1.54, 1.807) is 0 Å². The predicted octanol–water partition coefficient (Wildman–Crippen LogP) is 2.83. The largest absolute Gasteiger partial charge is 0.351 e. The lowest BCUT2D eigenvalue weighted by Crippen LogP contribution is -2.46. The number of carbonyl (C=O) groups is 1. The monoisotopic (exact) mass is 242 g/mol. The Morgan fingerprint density at radius 1 is 1.24 bits per heavy atom. The SMILES string of the molecule is CCCC(C)(C)NC(=O)C(CC)CC(N)CC. The Labute approximate surface area is 107 Å². The van der Waals surface area contributed by atoms with Crippen molar-refractivity contribution in [3.8, 4) is 0 Å². The lowest BCUT2D eigenvalue weighted by molar-refractivity contribution is -0.127. The average molecular weight is 242 g/mol. The van der Waals surface area contributed by atoms with Gasteiger partial charge in [-0.1, -0.05) is 27.2 Å². The Balaban J connectivity index is 4.34. The van der Waals surface area contributed by atoms with E-state index in [1.165, 1.54) is 0 Å². The van der Waals surface area contributed by atoms with Gasteiger partial charge in [0.25, 0.3) is 0 Å². The minimum atomic E-state index is -0.102. The van der Waals surface area contributed by atoms with Gasteiger partial charge in [0.1, 0.15) is 0 Å². The highest BCUT2D eigenvalue weighted by Gasteiger charge is 2.25. The Kier molecular flexibility index (Phi) is 7.44. The first-order valence-electron chi connectivity index (χ1n) is 6.93. The molecule has 0 bridgehead atoms. The summed E-state index contributed by atoms with van der Waals surface area (Å²) in [4.78, 5) is 12.1. The molecule has 2 atom stereocenters. The smallest absolute Gasteiger partial charge is 0.223 e. The zero-order chi connectivity index (χ0) is 13.5. The predicted molar refractivity (Wildman–Crippen MR) is 73.8 cm³/mol. The van der Waals surface area contributed by atoms with Gasteiger partial charge in [0.05, 0.1) is 0 Å². The molecule has 0 spiro atoms. The van der Waals surface area contributed by atoms with E-state index in [2.05, 4.69) is 39.9 Å². The van der Waals surface area contributed by atoms with Crippen LogP contribution in [0.15, 0.2) is 0 Å². The molecule has 0 aromatic heterocycles. The van der Waals surface area contributed by atoms with Gasteiger partial charge in [-0.25, -0.2) is 0 Å². The van der Waals surface area contributed by atoms with Crippen molar-refractivity contribution in [3.63, 3.8) is 0 Å². The molecule has 0 aromatic carbocycles. The standard InChI is InChI=1S/C14H30N2O/c1-6-9-14(4,5)16-13(17)11(7-2)10-12(15)8-3/h11-12H,6-10,15H2,1-5H3,(H,16,17). The van der Waals surface area contributed by atoms with Crippen molar-refractivity contribution >= 4 is 5.91 Å². The molecule has 0 rings (SSSR count). The van der Waals surface area contributed by atoms with Gasteiger partial charge in [0.15, 0.2) is 0 Å². The minimum absolute atomic E-state index is 0.0566. The van der Waals surface area contributed by atoms with E-state index in [4.69, 9.17) is 5.73 Å². The molecule has 0 fully saturated rings. The van der Waals surface area contributed by atoms with Crippen LogP contribution in [-0.4, -0.2) is 17.5 Å². The molecule has 0 aromatic rings. The first-order valence-corrected chi connectivity index (χ1v) is 6.93. The number of carbonyl (C=O) groups excluding carboxylic acids is 1. The van der Waals surface area contributed by atoms with Crippen molar-refractivity contribution in [2.45, 2.75) is 78.3 Å². The summed E-state index contributed by atoms with van der Waals surface area (Å²) in [6, 6.07) is 0.139. The van der Waals surface area contributed by atoms with Crippen molar-refractivity contribution < 1.29 is 4.79 Å². The lowest BCUT2D eigenvalue weighted by atomic mass is 9.92. The Bertz CT molecular complexity index is 226. The van der Waals surface area contributed by atoms with Crippen molar-refractivity contribution in [2.24, 2.45) is 11.7 Å². The van der Waals surface area contributed by atoms with Gasteiger partial charge in [0, 0.05) is 17.5 Å². The van der Waals surface area contributed by atoms with Crippen LogP contribution in [-0.2, 0) is 4.79 Å². The second-order valence-electron chi connectivity index (χ2n) is 5.63. The maximum Gasteiger partial charge on any atom is 0.223 e. The van der Waals surface area contributed by atoms with E-state index < -0.39 is 0 Å². The molecular weight excluding hydrogens is 212 g/mol. The summed E-state index contributed by atoms with van der Waals surface area (Å²) in [5, 5.41) is 3.14. The number of rotatable bonds is 8. The van der Waals surface area contributed by atoms with Crippen molar-refractivity contribution in [3.05, 3.63) is 0 Å². The molecule has 3 N–H and O–H groups in total. The summed E-state index contributed by atoms with van der Waals surface area (Å²) >= 11 is 0. The van der Waals surface area contributed by atoms with E-state index >= 15 is 0 Å². The molecule has 3 heteroatoms. The molecule has 0 heterocycles. The lowest BCUT2D eigenvalue weighted by Gasteiger charge is -2.29. The zero-order valence-electron chi connectivity index (χ0n) is 12.2. The summed E-state index contributed by atoms with van der Waals surface area (Å²) in [5.74, 6) is 0.218. The van der Waals surface area contributed by atoms with Gasteiger partial charge < -0.3 is 11.1 Å². The molecule has 0 aliphatic heterocycles. The Morgan fingerprint density at radius 3 is 2.24 bits per heavy atom. The third-order valence-electron chi connectivity index (χ3n) is 3.31. The fourth-order valence-electron chi connectivity index (χ4n) is 2.11. The summed E-state index contributed by atoms with van der Waals surface area (Å²) in [7, 11) is 0. The Morgan fingerprint density at radius 2 is 1.82 bits per heavy atom. The van der Waals surface area contributed by atoms with Gasteiger partial charge in [-0.15, -0.1) is 0 Å². The molecule has 0 radical (unpaired) electrons. The van der Waals surface area contributed by atoms with Gasteiger partial charge in [-0.2, -0.15) is 0 Å². The van der Waals surface area contributed by atoms with Crippen molar-refractivity contribution in [1.82, 2.24) is 5.32 Å². The van der Waals surface area contributed by atoms with E-state index in [0.717, 1.165) is 32.1 Å². The van der Waals surface area contributed by atoms with Crippen LogP contribution in [0.3, 0.4) is 0 Å². The first kappa shape index (κ1) is 16.4. The van der Waals surface area contributed by atoms with Gasteiger partial charge in [-0.3, -0.25) is 4.79 Å². The van der Waals surface area contributed by atoms with E-state index in [0.29, 0.717) is 0 Å². The molecule has 0 saturated carbocycles. The molecule has 2 unspecified atom stereocenters.